The number of nitrogens with zero attached hydrogens (tertiary/aromatic N) is 4. The van der Waals surface area contributed by atoms with Crippen molar-refractivity contribution in [1.82, 2.24) is 19.3 Å². The molecule has 1 aliphatic rings. The molecule has 8 nitrogen and oxygen atoms in total. The maximum Gasteiger partial charge on any atom is 0.255 e. The molecule has 1 amide bonds. The van der Waals surface area contributed by atoms with Gasteiger partial charge in [0.1, 0.15) is 18.0 Å². The summed E-state index contributed by atoms with van der Waals surface area (Å²) < 4.78 is 13.2. The van der Waals surface area contributed by atoms with Crippen LogP contribution in [0.4, 0.5) is 5.69 Å². The standard InChI is InChI=1S/C28H31N5O3/c1-21-26(6-4-14-32-15-17-35-18-16-32)31-27-12-9-23(19-33(21)27)30-28(34)22-7-10-25(11-8-22)36-20-24-5-2-3-13-29-24/h2-3,5,7-13,19H,4,6,14-18,20H2,1H3,(H,30,34). The Kier molecular flexibility index (Phi) is 7.54. The fourth-order valence-corrected chi connectivity index (χ4v) is 4.36. The van der Waals surface area contributed by atoms with Gasteiger partial charge in [0.05, 0.1) is 30.3 Å². The number of rotatable bonds is 9. The van der Waals surface area contributed by atoms with E-state index >= 15 is 0 Å². The molecule has 0 spiro atoms. The minimum absolute atomic E-state index is 0.172. The van der Waals surface area contributed by atoms with E-state index in [0.29, 0.717) is 17.9 Å². The zero-order chi connectivity index (χ0) is 24.7. The Morgan fingerprint density at radius 2 is 1.92 bits per heavy atom. The van der Waals surface area contributed by atoms with Gasteiger partial charge in [0.2, 0.25) is 0 Å². The van der Waals surface area contributed by atoms with E-state index in [4.69, 9.17) is 14.5 Å². The van der Waals surface area contributed by atoms with Gasteiger partial charge in [-0.1, -0.05) is 6.07 Å². The molecule has 36 heavy (non-hydrogen) atoms. The number of fused-ring (bicyclic) bond motifs is 1. The summed E-state index contributed by atoms with van der Waals surface area (Å²) in [6, 6.07) is 16.7. The summed E-state index contributed by atoms with van der Waals surface area (Å²) >= 11 is 0. The third-order valence-electron chi connectivity index (χ3n) is 6.43. The molecule has 3 aromatic heterocycles. The van der Waals surface area contributed by atoms with E-state index in [1.807, 2.05) is 40.9 Å². The molecule has 1 N–H and O–H groups in total. The van der Waals surface area contributed by atoms with Gasteiger partial charge in [0, 0.05) is 36.7 Å². The fraction of sp³-hybridized carbons (Fsp3) is 0.321. The second-order valence-electron chi connectivity index (χ2n) is 8.94. The number of amides is 1. The van der Waals surface area contributed by atoms with Crippen molar-refractivity contribution in [3.8, 4) is 5.75 Å². The molecular weight excluding hydrogens is 454 g/mol. The van der Waals surface area contributed by atoms with Crippen LogP contribution in [0.25, 0.3) is 5.65 Å². The third-order valence-corrected chi connectivity index (χ3v) is 6.43. The van der Waals surface area contributed by atoms with Crippen molar-refractivity contribution in [2.45, 2.75) is 26.4 Å². The number of aryl methyl sites for hydroxylation is 2. The molecule has 1 aliphatic heterocycles. The molecule has 0 saturated carbocycles. The summed E-state index contributed by atoms with van der Waals surface area (Å²) in [7, 11) is 0. The Balaban J connectivity index is 1.18. The van der Waals surface area contributed by atoms with Gasteiger partial charge in [-0.15, -0.1) is 0 Å². The van der Waals surface area contributed by atoms with Gasteiger partial charge in [-0.05, 0) is 74.8 Å². The predicted molar refractivity (Wildman–Crippen MR) is 138 cm³/mol. The van der Waals surface area contributed by atoms with Crippen molar-refractivity contribution in [2.75, 3.05) is 38.2 Å². The summed E-state index contributed by atoms with van der Waals surface area (Å²) in [5, 5.41) is 2.99. The summed E-state index contributed by atoms with van der Waals surface area (Å²) in [4.78, 5) is 24.3. The Morgan fingerprint density at radius 3 is 2.69 bits per heavy atom. The van der Waals surface area contributed by atoms with Crippen LogP contribution in [0.15, 0.2) is 67.0 Å². The molecule has 5 rings (SSSR count). The lowest BCUT2D eigenvalue weighted by atomic mass is 10.2. The van der Waals surface area contributed by atoms with Crippen LogP contribution in [0.3, 0.4) is 0 Å². The Morgan fingerprint density at radius 1 is 1.08 bits per heavy atom. The average molecular weight is 486 g/mol. The normalized spacial score (nSPS) is 14.1. The van der Waals surface area contributed by atoms with E-state index in [2.05, 4.69) is 22.1 Å². The summed E-state index contributed by atoms with van der Waals surface area (Å²) in [6.07, 6.45) is 5.67. The van der Waals surface area contributed by atoms with Crippen LogP contribution in [0.5, 0.6) is 5.75 Å². The molecule has 4 aromatic rings. The highest BCUT2D eigenvalue weighted by atomic mass is 16.5. The van der Waals surface area contributed by atoms with Crippen LogP contribution in [-0.4, -0.2) is 58.0 Å². The van der Waals surface area contributed by atoms with Crippen molar-refractivity contribution in [3.05, 3.63) is 89.6 Å². The monoisotopic (exact) mass is 485 g/mol. The minimum atomic E-state index is -0.172. The largest absolute Gasteiger partial charge is 0.487 e. The quantitative estimate of drug-likeness (QED) is 0.384. The summed E-state index contributed by atoms with van der Waals surface area (Å²) in [5.41, 5.74) is 5.24. The molecule has 186 valence electrons. The number of pyridine rings is 2. The summed E-state index contributed by atoms with van der Waals surface area (Å²) in [6.45, 7) is 7.19. The molecule has 1 aromatic carbocycles. The molecule has 0 radical (unpaired) electrons. The summed E-state index contributed by atoms with van der Waals surface area (Å²) in [5.74, 6) is 0.517. The topological polar surface area (TPSA) is 81.0 Å². The van der Waals surface area contributed by atoms with E-state index in [1.54, 1.807) is 30.5 Å². The minimum Gasteiger partial charge on any atom is -0.487 e. The molecule has 0 atom stereocenters. The molecule has 1 saturated heterocycles. The highest BCUT2D eigenvalue weighted by Crippen LogP contribution is 2.19. The first-order valence-corrected chi connectivity index (χ1v) is 12.4. The lowest BCUT2D eigenvalue weighted by molar-refractivity contribution is 0.0374. The predicted octanol–water partition coefficient (Wildman–Crippen LogP) is 4.13. The van der Waals surface area contributed by atoms with E-state index in [0.717, 1.165) is 74.1 Å². The zero-order valence-corrected chi connectivity index (χ0v) is 20.5. The van der Waals surface area contributed by atoms with Crippen LogP contribution in [0, 0.1) is 6.92 Å². The van der Waals surface area contributed by atoms with E-state index < -0.39 is 0 Å². The Hall–Kier alpha value is -3.75. The van der Waals surface area contributed by atoms with Crippen molar-refractivity contribution >= 4 is 17.2 Å². The fourth-order valence-electron chi connectivity index (χ4n) is 4.36. The molecule has 8 heteroatoms. The number of anilines is 1. The van der Waals surface area contributed by atoms with Crippen molar-refractivity contribution in [1.29, 1.82) is 0 Å². The first-order valence-electron chi connectivity index (χ1n) is 12.4. The number of ether oxygens (including phenoxy) is 2. The number of hydrogen-bond acceptors (Lipinski definition) is 6. The molecule has 1 fully saturated rings. The zero-order valence-electron chi connectivity index (χ0n) is 20.5. The van der Waals surface area contributed by atoms with Crippen LogP contribution >= 0.6 is 0 Å². The van der Waals surface area contributed by atoms with Crippen LogP contribution < -0.4 is 10.1 Å². The SMILES string of the molecule is Cc1c(CCCN2CCOCC2)nc2ccc(NC(=O)c3ccc(OCc4ccccn4)cc3)cn12. The smallest absolute Gasteiger partial charge is 0.255 e. The number of imidazole rings is 1. The van der Waals surface area contributed by atoms with E-state index in [-0.39, 0.29) is 5.91 Å². The Labute approximate surface area is 210 Å². The van der Waals surface area contributed by atoms with Crippen molar-refractivity contribution in [2.24, 2.45) is 0 Å². The number of nitrogens with one attached hydrogen (secondary N) is 1. The van der Waals surface area contributed by atoms with Crippen molar-refractivity contribution < 1.29 is 14.3 Å². The van der Waals surface area contributed by atoms with Gasteiger partial charge in [-0.2, -0.15) is 0 Å². The number of morpholine rings is 1. The van der Waals surface area contributed by atoms with Gasteiger partial charge >= 0.3 is 0 Å². The highest BCUT2D eigenvalue weighted by Gasteiger charge is 2.13. The van der Waals surface area contributed by atoms with Crippen LogP contribution in [0.1, 0.15) is 33.9 Å². The number of benzene rings is 1. The van der Waals surface area contributed by atoms with Crippen molar-refractivity contribution in [3.63, 3.8) is 0 Å². The number of carbonyl (C=O) groups excluding carboxylic acids is 1. The molecule has 0 unspecified atom stereocenters. The first kappa shape index (κ1) is 24.0. The molecule has 0 bridgehead atoms. The molecule has 4 heterocycles. The average Bonchev–Trinajstić information content (AvgIpc) is 3.23. The maximum atomic E-state index is 12.8. The van der Waals surface area contributed by atoms with Crippen LogP contribution in [-0.2, 0) is 17.8 Å². The highest BCUT2D eigenvalue weighted by molar-refractivity contribution is 6.04. The van der Waals surface area contributed by atoms with Gasteiger partial charge in [-0.25, -0.2) is 4.98 Å². The van der Waals surface area contributed by atoms with Gasteiger partial charge in [0.15, 0.2) is 0 Å². The van der Waals surface area contributed by atoms with Gasteiger partial charge < -0.3 is 19.2 Å². The molecule has 0 aliphatic carbocycles. The molecular formula is C28H31N5O3. The number of hydrogen-bond donors (Lipinski definition) is 1. The third kappa shape index (κ3) is 5.90. The Bertz CT molecular complexity index is 1300. The lowest BCUT2D eigenvalue weighted by Gasteiger charge is -2.26. The number of aromatic nitrogens is 3. The van der Waals surface area contributed by atoms with Crippen LogP contribution in [0.2, 0.25) is 0 Å². The second kappa shape index (κ2) is 11.3. The van der Waals surface area contributed by atoms with Gasteiger partial charge in [0.25, 0.3) is 5.91 Å². The van der Waals surface area contributed by atoms with Gasteiger partial charge in [-0.3, -0.25) is 14.7 Å². The first-order chi connectivity index (χ1) is 17.7. The van der Waals surface area contributed by atoms with E-state index in [1.165, 1.54) is 0 Å². The second-order valence-corrected chi connectivity index (χ2v) is 8.94. The maximum absolute atomic E-state index is 12.8. The lowest BCUT2D eigenvalue weighted by Crippen LogP contribution is -2.36. The number of carbonyl (C=O) groups is 1. The van der Waals surface area contributed by atoms with E-state index in [9.17, 15) is 4.79 Å².